The van der Waals surface area contributed by atoms with Crippen LogP contribution in [0.5, 0.6) is 5.75 Å². The molecule has 9 heteroatoms. The Labute approximate surface area is 161 Å². The normalized spacial score (nSPS) is 14.2. The van der Waals surface area contributed by atoms with E-state index in [1.165, 1.54) is 38.1 Å². The summed E-state index contributed by atoms with van der Waals surface area (Å²) in [5.74, 6) is -9.19. The Hall–Kier alpha value is -2.71. The summed E-state index contributed by atoms with van der Waals surface area (Å²) in [7, 11) is 0. The van der Waals surface area contributed by atoms with Crippen LogP contribution in [-0.2, 0) is 14.3 Å². The molecule has 1 unspecified atom stereocenters. The molecule has 0 aromatic heterocycles. The number of carbonyl (C=O) groups is 3. The van der Waals surface area contributed by atoms with Crippen LogP contribution < -0.4 is 9.84 Å². The number of halogens is 2. The lowest BCUT2D eigenvalue weighted by atomic mass is 9.85. The lowest BCUT2D eigenvalue weighted by Crippen LogP contribution is -2.61. The van der Waals surface area contributed by atoms with Crippen molar-refractivity contribution in [3.63, 3.8) is 0 Å². The second-order valence-corrected chi connectivity index (χ2v) is 7.60. The number of hydrogen-bond donors (Lipinski definition) is 0. The van der Waals surface area contributed by atoms with E-state index in [1.54, 1.807) is 20.8 Å². The number of hydrogen-bond acceptors (Lipinski definition) is 7. The molecule has 1 aromatic rings. The Morgan fingerprint density at radius 3 is 1.86 bits per heavy atom. The van der Waals surface area contributed by atoms with E-state index in [9.17, 15) is 28.3 Å². The molecule has 0 aliphatic rings. The molecular weight excluding hydrogens is 378 g/mol. The molecule has 28 heavy (non-hydrogen) atoms. The Balaban J connectivity index is 2.95. The van der Waals surface area contributed by atoms with E-state index >= 15 is 0 Å². The lowest BCUT2D eigenvalue weighted by molar-refractivity contribution is -0.345. The van der Waals surface area contributed by atoms with Crippen molar-refractivity contribution in [2.24, 2.45) is 5.92 Å². The fourth-order valence-corrected chi connectivity index (χ4v) is 2.02. The fourth-order valence-electron chi connectivity index (χ4n) is 2.02. The van der Waals surface area contributed by atoms with Gasteiger partial charge < -0.3 is 24.1 Å². The van der Waals surface area contributed by atoms with Gasteiger partial charge in [-0.25, -0.2) is 9.59 Å². The summed E-state index contributed by atoms with van der Waals surface area (Å²) >= 11 is 0. The smallest absolute Gasteiger partial charge is 0.514 e. The maximum atomic E-state index is 14.1. The van der Waals surface area contributed by atoms with Crippen LogP contribution in [0.2, 0.25) is 0 Å². The molecule has 7 nitrogen and oxygen atoms in total. The third-order valence-corrected chi connectivity index (χ3v) is 3.97. The quantitative estimate of drug-likeness (QED) is 0.533. The van der Waals surface area contributed by atoms with E-state index in [0.29, 0.717) is 0 Å². The van der Waals surface area contributed by atoms with Gasteiger partial charge in [0.15, 0.2) is 5.60 Å². The number of carboxylic acid groups (broad SMARTS) is 1. The highest BCUT2D eigenvalue weighted by Crippen LogP contribution is 2.38. The molecule has 1 atom stereocenters. The third kappa shape index (κ3) is 5.40. The monoisotopic (exact) mass is 401 g/mol. The largest absolute Gasteiger partial charge is 0.544 e. The van der Waals surface area contributed by atoms with Gasteiger partial charge in [0.2, 0.25) is 0 Å². The number of carbonyl (C=O) groups excluding carboxylic acids is 3. The zero-order chi connectivity index (χ0) is 21.9. The van der Waals surface area contributed by atoms with Crippen LogP contribution in [0.1, 0.15) is 51.9 Å². The molecule has 156 valence electrons. The van der Waals surface area contributed by atoms with Crippen molar-refractivity contribution in [2.45, 2.75) is 58.7 Å². The Morgan fingerprint density at radius 1 is 0.964 bits per heavy atom. The first kappa shape index (κ1) is 23.3. The summed E-state index contributed by atoms with van der Waals surface area (Å²) in [6.45, 7) is 8.37. The first-order chi connectivity index (χ1) is 12.6. The van der Waals surface area contributed by atoms with Gasteiger partial charge in [0.25, 0.3) is 0 Å². The predicted octanol–water partition coefficient (Wildman–Crippen LogP) is 2.96. The van der Waals surface area contributed by atoms with Crippen LogP contribution in [0.25, 0.3) is 0 Å². The maximum absolute atomic E-state index is 14.1. The van der Waals surface area contributed by atoms with Gasteiger partial charge in [0.1, 0.15) is 17.3 Å². The average Bonchev–Trinajstić information content (AvgIpc) is 2.52. The first-order valence-electron chi connectivity index (χ1n) is 8.43. The van der Waals surface area contributed by atoms with E-state index in [0.717, 1.165) is 6.92 Å². The molecule has 0 N–H and O–H groups in total. The van der Waals surface area contributed by atoms with Crippen molar-refractivity contribution in [1.82, 2.24) is 0 Å². The zero-order valence-corrected chi connectivity index (χ0v) is 16.5. The number of aliphatic carboxylic acids is 1. The number of carboxylic acids is 1. The minimum atomic E-state index is -4.41. The number of esters is 1. The summed E-state index contributed by atoms with van der Waals surface area (Å²) < 4.78 is 42.9. The standard InChI is InChI=1S/C19H24F2O7/c1-11(2)18(6,19(20,21)15(23)24)27-14(22)12-7-9-13(10-8-12)26-16(25)28-17(3,4)5/h7-11H,1-6H3,(H,23,24)/p-1. The number of benzene rings is 1. The topological polar surface area (TPSA) is 102 Å². The second-order valence-electron chi connectivity index (χ2n) is 7.60. The van der Waals surface area contributed by atoms with Crippen molar-refractivity contribution in [2.75, 3.05) is 0 Å². The highest BCUT2D eigenvalue weighted by molar-refractivity contribution is 5.90. The molecule has 0 fully saturated rings. The predicted molar refractivity (Wildman–Crippen MR) is 91.9 cm³/mol. The van der Waals surface area contributed by atoms with Gasteiger partial charge in [-0.1, -0.05) is 13.8 Å². The van der Waals surface area contributed by atoms with Crippen LogP contribution >= 0.6 is 0 Å². The Bertz CT molecular complexity index is 736. The van der Waals surface area contributed by atoms with Crippen LogP contribution in [0.3, 0.4) is 0 Å². The summed E-state index contributed by atoms with van der Waals surface area (Å²) in [6.07, 6.45) is -0.955. The molecule has 0 aliphatic heterocycles. The maximum Gasteiger partial charge on any atom is 0.514 e. The minimum Gasteiger partial charge on any atom is -0.544 e. The van der Waals surface area contributed by atoms with Gasteiger partial charge in [-0.2, -0.15) is 8.78 Å². The average molecular weight is 401 g/mol. The van der Waals surface area contributed by atoms with E-state index in [-0.39, 0.29) is 11.3 Å². The molecule has 0 heterocycles. The molecule has 0 spiro atoms. The molecular formula is C19H23F2O7-. The van der Waals surface area contributed by atoms with Gasteiger partial charge in [-0.3, -0.25) is 0 Å². The van der Waals surface area contributed by atoms with Crippen LogP contribution in [0.4, 0.5) is 13.6 Å². The summed E-state index contributed by atoms with van der Waals surface area (Å²) in [6, 6.07) is 4.84. The first-order valence-corrected chi connectivity index (χ1v) is 8.43. The van der Waals surface area contributed by atoms with E-state index in [1.807, 2.05) is 0 Å². The van der Waals surface area contributed by atoms with Crippen molar-refractivity contribution in [3.05, 3.63) is 29.8 Å². The molecule has 0 bridgehead atoms. The van der Waals surface area contributed by atoms with Crippen molar-refractivity contribution in [3.8, 4) is 5.75 Å². The SMILES string of the molecule is CC(C)C(C)(OC(=O)c1ccc(OC(=O)OC(C)(C)C)cc1)C(F)(F)C(=O)[O-]. The molecule has 0 amide bonds. The van der Waals surface area contributed by atoms with Gasteiger partial charge in [-0.05, 0) is 57.9 Å². The fraction of sp³-hybridized carbons (Fsp3) is 0.526. The van der Waals surface area contributed by atoms with Crippen molar-refractivity contribution < 1.29 is 42.5 Å². The van der Waals surface area contributed by atoms with Gasteiger partial charge in [-0.15, -0.1) is 0 Å². The molecule has 1 rings (SSSR count). The van der Waals surface area contributed by atoms with Crippen molar-refractivity contribution in [1.29, 1.82) is 0 Å². The Morgan fingerprint density at radius 2 is 1.46 bits per heavy atom. The highest BCUT2D eigenvalue weighted by atomic mass is 19.3. The molecule has 0 saturated carbocycles. The van der Waals surface area contributed by atoms with Gasteiger partial charge >= 0.3 is 18.0 Å². The highest BCUT2D eigenvalue weighted by Gasteiger charge is 2.56. The molecule has 1 aromatic carbocycles. The van der Waals surface area contributed by atoms with E-state index in [2.05, 4.69) is 0 Å². The third-order valence-electron chi connectivity index (χ3n) is 3.97. The molecule has 0 saturated heterocycles. The molecule has 0 aliphatic carbocycles. The van der Waals surface area contributed by atoms with Crippen LogP contribution in [0, 0.1) is 5.92 Å². The van der Waals surface area contributed by atoms with Gasteiger partial charge in [0.05, 0.1) is 5.56 Å². The van der Waals surface area contributed by atoms with E-state index < -0.39 is 41.1 Å². The van der Waals surface area contributed by atoms with Crippen molar-refractivity contribution >= 4 is 18.1 Å². The zero-order valence-electron chi connectivity index (χ0n) is 16.5. The van der Waals surface area contributed by atoms with Gasteiger partial charge in [0, 0.05) is 0 Å². The lowest BCUT2D eigenvalue weighted by Gasteiger charge is -2.40. The second kappa shape index (κ2) is 8.12. The Kier molecular flexibility index (Phi) is 6.76. The number of alkyl halides is 2. The van der Waals surface area contributed by atoms with Crippen LogP contribution in [-0.4, -0.2) is 35.2 Å². The minimum absolute atomic E-state index is 0.0532. The summed E-state index contributed by atoms with van der Waals surface area (Å²) in [4.78, 5) is 34.7. The number of ether oxygens (including phenoxy) is 3. The summed E-state index contributed by atoms with van der Waals surface area (Å²) in [5, 5.41) is 10.8. The van der Waals surface area contributed by atoms with E-state index in [4.69, 9.17) is 14.2 Å². The molecule has 0 radical (unpaired) electrons. The number of rotatable bonds is 6. The van der Waals surface area contributed by atoms with Crippen LogP contribution in [0.15, 0.2) is 24.3 Å². The summed E-state index contributed by atoms with van der Waals surface area (Å²) in [5.41, 5.74) is -3.53.